The number of carbonyl (C=O) groups is 2. The number of nitrogens with one attached hydrogen (secondary N) is 2. The lowest BCUT2D eigenvalue weighted by molar-refractivity contribution is -0.135. The molecule has 3 unspecified atom stereocenters. The van der Waals surface area contributed by atoms with Crippen molar-refractivity contribution in [3.63, 3.8) is 0 Å². The first-order valence-corrected chi connectivity index (χ1v) is 8.32. The summed E-state index contributed by atoms with van der Waals surface area (Å²) in [6.07, 6.45) is 4.70. The van der Waals surface area contributed by atoms with Gasteiger partial charge < -0.3 is 15.5 Å². The van der Waals surface area contributed by atoms with E-state index in [0.29, 0.717) is 12.5 Å². The van der Waals surface area contributed by atoms with Gasteiger partial charge in [0.25, 0.3) is 0 Å². The first-order valence-electron chi connectivity index (χ1n) is 8.32. The van der Waals surface area contributed by atoms with Crippen LogP contribution >= 0.6 is 0 Å². The Morgan fingerprint density at radius 1 is 1.29 bits per heavy atom. The molecule has 2 fully saturated rings. The van der Waals surface area contributed by atoms with Crippen molar-refractivity contribution in [3.05, 3.63) is 0 Å². The predicted molar refractivity (Wildman–Crippen MR) is 82.8 cm³/mol. The monoisotopic (exact) mass is 295 g/mol. The van der Waals surface area contributed by atoms with E-state index >= 15 is 0 Å². The molecular weight excluding hydrogens is 266 g/mol. The van der Waals surface area contributed by atoms with Crippen molar-refractivity contribution in [2.45, 2.75) is 71.0 Å². The Labute approximate surface area is 127 Å². The zero-order chi connectivity index (χ0) is 15.4. The van der Waals surface area contributed by atoms with Gasteiger partial charge in [-0.05, 0) is 33.6 Å². The maximum atomic E-state index is 12.4. The Morgan fingerprint density at radius 2 is 1.95 bits per heavy atom. The molecule has 2 amide bonds. The number of carbonyl (C=O) groups excluding carboxylic acids is 2. The van der Waals surface area contributed by atoms with E-state index < -0.39 is 0 Å². The Balaban J connectivity index is 1.79. The lowest BCUT2D eigenvalue weighted by Gasteiger charge is -2.39. The van der Waals surface area contributed by atoms with Crippen LogP contribution in [0.25, 0.3) is 0 Å². The second-order valence-corrected chi connectivity index (χ2v) is 6.67. The maximum absolute atomic E-state index is 12.4. The summed E-state index contributed by atoms with van der Waals surface area (Å²) in [5, 5.41) is 6.39. The standard InChI is InChI=1S/C16H29N3O2/c1-11(18-16(21)14-6-4-5-7-14)10-15(20)19-9-8-17-12(2)13(19)3/h11-14,17H,4-10H2,1-3H3,(H,18,21). The summed E-state index contributed by atoms with van der Waals surface area (Å²) in [5.41, 5.74) is 0. The Hall–Kier alpha value is -1.10. The third kappa shape index (κ3) is 4.19. The molecule has 0 aromatic carbocycles. The van der Waals surface area contributed by atoms with Crippen molar-refractivity contribution >= 4 is 11.8 Å². The Morgan fingerprint density at radius 3 is 2.62 bits per heavy atom. The van der Waals surface area contributed by atoms with E-state index in [1.54, 1.807) is 0 Å². The van der Waals surface area contributed by atoms with E-state index in [9.17, 15) is 9.59 Å². The number of hydrogen-bond donors (Lipinski definition) is 2. The Bertz CT molecular complexity index is 380. The van der Waals surface area contributed by atoms with Gasteiger partial charge in [0.2, 0.25) is 11.8 Å². The molecule has 0 aromatic heterocycles. The van der Waals surface area contributed by atoms with Crippen LogP contribution in [0, 0.1) is 5.92 Å². The quantitative estimate of drug-likeness (QED) is 0.821. The van der Waals surface area contributed by atoms with Crippen molar-refractivity contribution in [2.24, 2.45) is 5.92 Å². The molecule has 5 nitrogen and oxygen atoms in total. The maximum Gasteiger partial charge on any atom is 0.224 e. The molecule has 0 spiro atoms. The fourth-order valence-corrected chi connectivity index (χ4v) is 3.39. The minimum atomic E-state index is -0.0806. The summed E-state index contributed by atoms with van der Waals surface area (Å²) in [6, 6.07) is 0.457. The Kier molecular flexibility index (Phi) is 5.62. The highest BCUT2D eigenvalue weighted by atomic mass is 16.2. The molecule has 120 valence electrons. The van der Waals surface area contributed by atoms with Crippen LogP contribution in [0.1, 0.15) is 52.9 Å². The topological polar surface area (TPSA) is 61.4 Å². The second-order valence-electron chi connectivity index (χ2n) is 6.67. The minimum absolute atomic E-state index is 0.0806. The van der Waals surface area contributed by atoms with Crippen LogP contribution in [0.2, 0.25) is 0 Å². The van der Waals surface area contributed by atoms with Crippen LogP contribution in [0.15, 0.2) is 0 Å². The van der Waals surface area contributed by atoms with Gasteiger partial charge in [0.05, 0.1) is 0 Å². The first kappa shape index (κ1) is 16.3. The van der Waals surface area contributed by atoms with E-state index in [1.807, 2.05) is 11.8 Å². The smallest absolute Gasteiger partial charge is 0.224 e. The van der Waals surface area contributed by atoms with Crippen molar-refractivity contribution in [1.82, 2.24) is 15.5 Å². The van der Waals surface area contributed by atoms with E-state index in [1.165, 1.54) is 0 Å². The summed E-state index contributed by atoms with van der Waals surface area (Å²) in [6.45, 7) is 7.72. The molecule has 2 N–H and O–H groups in total. The lowest BCUT2D eigenvalue weighted by atomic mass is 10.0. The largest absolute Gasteiger partial charge is 0.353 e. The molecule has 0 bridgehead atoms. The first-order chi connectivity index (χ1) is 9.99. The number of nitrogens with zero attached hydrogens (tertiary/aromatic N) is 1. The second kappa shape index (κ2) is 7.25. The van der Waals surface area contributed by atoms with Gasteiger partial charge in [0.1, 0.15) is 0 Å². The van der Waals surface area contributed by atoms with Crippen LogP contribution in [0.3, 0.4) is 0 Å². The van der Waals surface area contributed by atoms with Crippen LogP contribution in [-0.2, 0) is 9.59 Å². The molecule has 0 aromatic rings. The van der Waals surface area contributed by atoms with Crippen molar-refractivity contribution in [1.29, 1.82) is 0 Å². The number of hydrogen-bond acceptors (Lipinski definition) is 3. The molecule has 2 aliphatic rings. The molecule has 1 saturated heterocycles. The average Bonchev–Trinajstić information content (AvgIpc) is 2.95. The van der Waals surface area contributed by atoms with Crippen LogP contribution in [0.5, 0.6) is 0 Å². The van der Waals surface area contributed by atoms with E-state index in [0.717, 1.165) is 38.8 Å². The SMILES string of the molecule is CC(CC(=O)N1CCNC(C)C1C)NC(=O)C1CCCC1. The summed E-state index contributed by atoms with van der Waals surface area (Å²) in [5.74, 6) is 0.449. The highest BCUT2D eigenvalue weighted by Gasteiger charge is 2.29. The van der Waals surface area contributed by atoms with Gasteiger partial charge in [-0.15, -0.1) is 0 Å². The van der Waals surface area contributed by atoms with Gasteiger partial charge in [0.15, 0.2) is 0 Å². The molecule has 1 aliphatic carbocycles. The van der Waals surface area contributed by atoms with Crippen molar-refractivity contribution in [2.75, 3.05) is 13.1 Å². The molecule has 0 radical (unpaired) electrons. The summed E-state index contributed by atoms with van der Waals surface area (Å²) in [7, 11) is 0. The minimum Gasteiger partial charge on any atom is -0.353 e. The molecular formula is C16H29N3O2. The van der Waals surface area contributed by atoms with Gasteiger partial charge in [-0.3, -0.25) is 9.59 Å². The van der Waals surface area contributed by atoms with E-state index in [4.69, 9.17) is 0 Å². The van der Waals surface area contributed by atoms with E-state index in [2.05, 4.69) is 24.5 Å². The van der Waals surface area contributed by atoms with Gasteiger partial charge in [0, 0.05) is 43.6 Å². The molecule has 1 aliphatic heterocycles. The predicted octanol–water partition coefficient (Wildman–Crippen LogP) is 1.28. The molecule has 2 rings (SSSR count). The third-order valence-corrected chi connectivity index (χ3v) is 4.95. The molecule has 1 heterocycles. The normalized spacial score (nSPS) is 28.4. The molecule has 1 saturated carbocycles. The number of amides is 2. The molecule has 3 atom stereocenters. The van der Waals surface area contributed by atoms with Crippen molar-refractivity contribution < 1.29 is 9.59 Å². The molecule has 5 heteroatoms. The average molecular weight is 295 g/mol. The third-order valence-electron chi connectivity index (χ3n) is 4.95. The van der Waals surface area contributed by atoms with Gasteiger partial charge in [-0.2, -0.15) is 0 Å². The lowest BCUT2D eigenvalue weighted by Crippen LogP contribution is -2.57. The summed E-state index contributed by atoms with van der Waals surface area (Å²) >= 11 is 0. The number of piperazine rings is 1. The number of rotatable bonds is 4. The van der Waals surface area contributed by atoms with Crippen LogP contribution in [0.4, 0.5) is 0 Å². The zero-order valence-corrected chi connectivity index (χ0v) is 13.5. The fourth-order valence-electron chi connectivity index (χ4n) is 3.39. The van der Waals surface area contributed by atoms with Crippen LogP contribution in [-0.4, -0.2) is 47.9 Å². The van der Waals surface area contributed by atoms with Gasteiger partial charge in [-0.25, -0.2) is 0 Å². The summed E-state index contributed by atoms with van der Waals surface area (Å²) in [4.78, 5) is 26.4. The fraction of sp³-hybridized carbons (Fsp3) is 0.875. The van der Waals surface area contributed by atoms with E-state index in [-0.39, 0.29) is 29.8 Å². The summed E-state index contributed by atoms with van der Waals surface area (Å²) < 4.78 is 0. The highest BCUT2D eigenvalue weighted by molar-refractivity contribution is 5.81. The highest BCUT2D eigenvalue weighted by Crippen LogP contribution is 2.24. The van der Waals surface area contributed by atoms with Crippen molar-refractivity contribution in [3.8, 4) is 0 Å². The van der Waals surface area contributed by atoms with Crippen LogP contribution < -0.4 is 10.6 Å². The zero-order valence-electron chi connectivity index (χ0n) is 13.5. The van der Waals surface area contributed by atoms with Gasteiger partial charge >= 0.3 is 0 Å². The molecule has 21 heavy (non-hydrogen) atoms. The van der Waals surface area contributed by atoms with Gasteiger partial charge in [-0.1, -0.05) is 12.8 Å².